The molecule has 0 spiro atoms. The summed E-state index contributed by atoms with van der Waals surface area (Å²) >= 11 is 1.49. The summed E-state index contributed by atoms with van der Waals surface area (Å²) in [6.07, 6.45) is 1.45. The third-order valence-corrected chi connectivity index (χ3v) is 2.53. The first-order valence-electron chi connectivity index (χ1n) is 5.52. The molecule has 0 aliphatic heterocycles. The van der Waals surface area contributed by atoms with Crippen molar-refractivity contribution in [3.8, 4) is 5.88 Å². The summed E-state index contributed by atoms with van der Waals surface area (Å²) in [5.41, 5.74) is 0.272. The van der Waals surface area contributed by atoms with E-state index in [0.717, 1.165) is 5.75 Å². The standard InChI is InChI=1S/C11H16N2O3S/c1-4-15-9-8(10(14)16-5-2)7-12-11(13-9)17-6-3/h7H,4-6H2,1-3H3. The third kappa shape index (κ3) is 3.89. The molecule has 0 aromatic carbocycles. The van der Waals surface area contributed by atoms with Crippen LogP contribution in [0.15, 0.2) is 11.4 Å². The molecule has 0 aliphatic rings. The summed E-state index contributed by atoms with van der Waals surface area (Å²) in [5, 5.41) is 0.601. The van der Waals surface area contributed by atoms with Crippen LogP contribution in [0, 0.1) is 0 Å². The van der Waals surface area contributed by atoms with E-state index in [-0.39, 0.29) is 11.4 Å². The Labute approximate surface area is 105 Å². The molecule has 0 N–H and O–H groups in total. The van der Waals surface area contributed by atoms with E-state index in [9.17, 15) is 4.79 Å². The van der Waals surface area contributed by atoms with Gasteiger partial charge in [-0.05, 0) is 19.6 Å². The van der Waals surface area contributed by atoms with Crippen molar-refractivity contribution in [1.29, 1.82) is 0 Å². The number of nitrogens with zero attached hydrogens (tertiary/aromatic N) is 2. The van der Waals surface area contributed by atoms with Gasteiger partial charge in [0.15, 0.2) is 5.16 Å². The predicted molar refractivity (Wildman–Crippen MR) is 65.6 cm³/mol. The lowest BCUT2D eigenvalue weighted by Crippen LogP contribution is -2.10. The highest BCUT2D eigenvalue weighted by Crippen LogP contribution is 2.20. The van der Waals surface area contributed by atoms with Crippen molar-refractivity contribution in [2.24, 2.45) is 0 Å². The third-order valence-electron chi connectivity index (χ3n) is 1.78. The fraction of sp³-hybridized carbons (Fsp3) is 0.545. The van der Waals surface area contributed by atoms with Crippen LogP contribution in [0.1, 0.15) is 31.1 Å². The van der Waals surface area contributed by atoms with Gasteiger partial charge < -0.3 is 9.47 Å². The minimum Gasteiger partial charge on any atom is -0.477 e. The monoisotopic (exact) mass is 256 g/mol. The molecule has 5 nitrogen and oxygen atoms in total. The average molecular weight is 256 g/mol. The number of hydrogen-bond acceptors (Lipinski definition) is 6. The van der Waals surface area contributed by atoms with Crippen LogP contribution in [-0.2, 0) is 4.74 Å². The molecule has 17 heavy (non-hydrogen) atoms. The second kappa shape index (κ2) is 7.11. The summed E-state index contributed by atoms with van der Waals surface area (Å²) in [6, 6.07) is 0. The van der Waals surface area contributed by atoms with E-state index in [4.69, 9.17) is 9.47 Å². The highest BCUT2D eigenvalue weighted by molar-refractivity contribution is 7.99. The average Bonchev–Trinajstić information content (AvgIpc) is 2.30. The first-order valence-corrected chi connectivity index (χ1v) is 6.51. The van der Waals surface area contributed by atoms with Crippen LogP contribution in [-0.4, -0.2) is 34.9 Å². The SMILES string of the molecule is CCOC(=O)c1cnc(SCC)nc1OCC. The molecule has 0 unspecified atom stereocenters. The smallest absolute Gasteiger partial charge is 0.345 e. The highest BCUT2D eigenvalue weighted by atomic mass is 32.2. The van der Waals surface area contributed by atoms with Gasteiger partial charge in [0, 0.05) is 6.20 Å². The maximum atomic E-state index is 11.6. The number of hydrogen-bond donors (Lipinski definition) is 0. The van der Waals surface area contributed by atoms with Gasteiger partial charge in [0.2, 0.25) is 5.88 Å². The second-order valence-corrected chi connectivity index (χ2v) is 4.19. The molecule has 0 atom stereocenters. The largest absolute Gasteiger partial charge is 0.477 e. The molecule has 6 heteroatoms. The van der Waals surface area contributed by atoms with Crippen LogP contribution in [0.2, 0.25) is 0 Å². The lowest BCUT2D eigenvalue weighted by Gasteiger charge is -2.08. The van der Waals surface area contributed by atoms with E-state index in [1.54, 1.807) is 6.92 Å². The topological polar surface area (TPSA) is 61.3 Å². The number of esters is 1. The molecule has 0 bridgehead atoms. The number of carbonyl (C=O) groups excluding carboxylic acids is 1. The van der Waals surface area contributed by atoms with E-state index in [0.29, 0.717) is 18.4 Å². The second-order valence-electron chi connectivity index (χ2n) is 2.96. The maximum Gasteiger partial charge on any atom is 0.345 e. The van der Waals surface area contributed by atoms with Gasteiger partial charge in [0.1, 0.15) is 5.56 Å². The first-order chi connectivity index (χ1) is 8.22. The molecule has 0 aliphatic carbocycles. The van der Waals surface area contributed by atoms with Crippen LogP contribution >= 0.6 is 11.8 Å². The Balaban J connectivity index is 2.98. The van der Waals surface area contributed by atoms with Gasteiger partial charge in [-0.15, -0.1) is 0 Å². The van der Waals surface area contributed by atoms with Crippen molar-refractivity contribution in [3.05, 3.63) is 11.8 Å². The lowest BCUT2D eigenvalue weighted by atomic mass is 10.3. The van der Waals surface area contributed by atoms with Crippen molar-refractivity contribution >= 4 is 17.7 Å². The van der Waals surface area contributed by atoms with Gasteiger partial charge in [-0.3, -0.25) is 0 Å². The Morgan fingerprint density at radius 3 is 2.71 bits per heavy atom. The van der Waals surface area contributed by atoms with Crippen LogP contribution in [0.3, 0.4) is 0 Å². The Morgan fingerprint density at radius 2 is 2.12 bits per heavy atom. The zero-order chi connectivity index (χ0) is 12.7. The van der Waals surface area contributed by atoms with Gasteiger partial charge in [0.25, 0.3) is 0 Å². The molecule has 1 aromatic heterocycles. The molecule has 94 valence electrons. The van der Waals surface area contributed by atoms with Crippen molar-refractivity contribution in [1.82, 2.24) is 9.97 Å². The summed E-state index contributed by atoms with van der Waals surface area (Å²) < 4.78 is 10.2. The zero-order valence-corrected chi connectivity index (χ0v) is 11.0. The molecule has 0 radical (unpaired) electrons. The van der Waals surface area contributed by atoms with E-state index >= 15 is 0 Å². The lowest BCUT2D eigenvalue weighted by molar-refractivity contribution is 0.0520. The van der Waals surface area contributed by atoms with Gasteiger partial charge in [-0.25, -0.2) is 9.78 Å². The molecule has 0 saturated heterocycles. The van der Waals surface area contributed by atoms with E-state index in [1.165, 1.54) is 18.0 Å². The van der Waals surface area contributed by atoms with Crippen molar-refractivity contribution in [3.63, 3.8) is 0 Å². The summed E-state index contributed by atoms with van der Waals surface area (Å²) in [5.74, 6) is 0.700. The Hall–Kier alpha value is -1.30. The number of rotatable bonds is 6. The highest BCUT2D eigenvalue weighted by Gasteiger charge is 2.16. The van der Waals surface area contributed by atoms with Crippen LogP contribution in [0.5, 0.6) is 5.88 Å². The molecule has 0 saturated carbocycles. The minimum atomic E-state index is -0.455. The Kier molecular flexibility index (Phi) is 5.76. The normalized spacial score (nSPS) is 10.1. The fourth-order valence-corrected chi connectivity index (χ4v) is 1.68. The predicted octanol–water partition coefficient (Wildman–Crippen LogP) is 2.16. The van der Waals surface area contributed by atoms with E-state index in [2.05, 4.69) is 9.97 Å². The number of aromatic nitrogens is 2. The van der Waals surface area contributed by atoms with Gasteiger partial charge in [-0.1, -0.05) is 18.7 Å². The van der Waals surface area contributed by atoms with Gasteiger partial charge in [0.05, 0.1) is 13.2 Å². The molecule has 0 amide bonds. The quantitative estimate of drug-likeness (QED) is 0.441. The Bertz CT molecular complexity index is 385. The number of ether oxygens (including phenoxy) is 2. The molecule has 1 rings (SSSR count). The van der Waals surface area contributed by atoms with Gasteiger partial charge in [-0.2, -0.15) is 4.98 Å². The minimum absolute atomic E-state index is 0.272. The number of carbonyl (C=O) groups is 1. The fourth-order valence-electron chi connectivity index (χ4n) is 1.15. The molecule has 0 fully saturated rings. The van der Waals surface area contributed by atoms with Crippen molar-refractivity contribution in [2.45, 2.75) is 25.9 Å². The van der Waals surface area contributed by atoms with Crippen molar-refractivity contribution < 1.29 is 14.3 Å². The molecule has 1 heterocycles. The maximum absolute atomic E-state index is 11.6. The summed E-state index contributed by atoms with van der Waals surface area (Å²) in [4.78, 5) is 19.9. The first kappa shape index (κ1) is 13.8. The summed E-state index contributed by atoms with van der Waals surface area (Å²) in [7, 11) is 0. The van der Waals surface area contributed by atoms with Crippen LogP contribution in [0.25, 0.3) is 0 Å². The summed E-state index contributed by atoms with van der Waals surface area (Å²) in [6.45, 7) is 6.35. The molecule has 1 aromatic rings. The Morgan fingerprint density at radius 1 is 1.35 bits per heavy atom. The van der Waals surface area contributed by atoms with Crippen molar-refractivity contribution in [2.75, 3.05) is 19.0 Å². The van der Waals surface area contributed by atoms with Gasteiger partial charge >= 0.3 is 5.97 Å². The van der Waals surface area contributed by atoms with Crippen LogP contribution < -0.4 is 4.74 Å². The molecular formula is C11H16N2O3S. The van der Waals surface area contributed by atoms with E-state index in [1.807, 2.05) is 13.8 Å². The van der Waals surface area contributed by atoms with E-state index < -0.39 is 5.97 Å². The number of thioether (sulfide) groups is 1. The zero-order valence-electron chi connectivity index (χ0n) is 10.2. The molecular weight excluding hydrogens is 240 g/mol. The van der Waals surface area contributed by atoms with Crippen LogP contribution in [0.4, 0.5) is 0 Å².